The molecule has 2 heterocycles. The van der Waals surface area contributed by atoms with E-state index in [0.29, 0.717) is 28.5 Å². The van der Waals surface area contributed by atoms with E-state index >= 15 is 0 Å². The second-order valence-electron chi connectivity index (χ2n) is 7.41. The van der Waals surface area contributed by atoms with Crippen molar-refractivity contribution >= 4 is 35.3 Å². The largest absolute Gasteiger partial charge is 0.433 e. The van der Waals surface area contributed by atoms with Gasteiger partial charge < -0.3 is 5.32 Å². The van der Waals surface area contributed by atoms with Gasteiger partial charge in [-0.05, 0) is 49.1 Å². The van der Waals surface area contributed by atoms with Crippen LogP contribution in [0.2, 0.25) is 0 Å². The lowest BCUT2D eigenvalue weighted by Gasteiger charge is -2.15. The summed E-state index contributed by atoms with van der Waals surface area (Å²) in [6, 6.07) is 6.17. The molecule has 2 amide bonds. The highest BCUT2D eigenvalue weighted by Crippen LogP contribution is 2.51. The maximum absolute atomic E-state index is 12.9. The molecule has 1 aliphatic carbocycles. The number of benzene rings is 1. The number of rotatable bonds is 6. The summed E-state index contributed by atoms with van der Waals surface area (Å²) in [5.74, 6) is 4.77. The Balaban J connectivity index is 1.61. The third kappa shape index (κ3) is 4.18. The molecular formula is C20H17F3N6O2S. The summed E-state index contributed by atoms with van der Waals surface area (Å²) < 4.78 is 38.7. The number of amides is 2. The zero-order chi connectivity index (χ0) is 23.1. The van der Waals surface area contributed by atoms with E-state index in [2.05, 4.69) is 20.3 Å². The summed E-state index contributed by atoms with van der Waals surface area (Å²) in [6.45, 7) is 1.84. The summed E-state index contributed by atoms with van der Waals surface area (Å²) in [4.78, 5) is 35.8. The first-order valence-electron chi connectivity index (χ1n) is 9.42. The van der Waals surface area contributed by atoms with Crippen LogP contribution in [0.1, 0.15) is 29.1 Å². The van der Waals surface area contributed by atoms with Crippen molar-refractivity contribution in [1.82, 2.24) is 20.0 Å². The molecule has 166 valence electrons. The lowest BCUT2D eigenvalue weighted by molar-refractivity contribution is -0.141. The first-order chi connectivity index (χ1) is 15.1. The van der Waals surface area contributed by atoms with Gasteiger partial charge in [-0.2, -0.15) is 13.2 Å². The van der Waals surface area contributed by atoms with Crippen LogP contribution in [0.15, 0.2) is 36.7 Å². The molecule has 0 bridgehead atoms. The predicted octanol–water partition coefficient (Wildman–Crippen LogP) is 3.56. The molecule has 8 nitrogen and oxygen atoms in total. The van der Waals surface area contributed by atoms with Crippen LogP contribution in [0, 0.1) is 6.92 Å². The normalized spacial score (nSPS) is 14.7. The zero-order valence-electron chi connectivity index (χ0n) is 16.7. The number of halogens is 3. The van der Waals surface area contributed by atoms with E-state index < -0.39 is 23.2 Å². The molecule has 0 saturated heterocycles. The van der Waals surface area contributed by atoms with E-state index in [-0.39, 0.29) is 12.4 Å². The van der Waals surface area contributed by atoms with Crippen LogP contribution in [0.4, 0.5) is 24.8 Å². The van der Waals surface area contributed by atoms with Crippen molar-refractivity contribution in [2.24, 2.45) is 5.84 Å². The Morgan fingerprint density at radius 1 is 1.28 bits per heavy atom. The Morgan fingerprint density at radius 2 is 2.03 bits per heavy atom. The quantitative estimate of drug-likeness (QED) is 0.249. The minimum atomic E-state index is -4.57. The van der Waals surface area contributed by atoms with Gasteiger partial charge in [0.1, 0.15) is 16.1 Å². The van der Waals surface area contributed by atoms with Crippen LogP contribution in [0.5, 0.6) is 0 Å². The van der Waals surface area contributed by atoms with Gasteiger partial charge in [-0.3, -0.25) is 9.59 Å². The van der Waals surface area contributed by atoms with E-state index in [0.717, 1.165) is 28.3 Å². The lowest BCUT2D eigenvalue weighted by atomic mass is 10.1. The fourth-order valence-electron chi connectivity index (χ4n) is 3.27. The Kier molecular flexibility index (Phi) is 5.42. The number of nitrogens with one attached hydrogen (secondary N) is 1. The first-order valence-corrected chi connectivity index (χ1v) is 10.2. The lowest BCUT2D eigenvalue weighted by Crippen LogP contribution is -2.43. The van der Waals surface area contributed by atoms with E-state index in [1.165, 1.54) is 11.3 Å². The SMILES string of the molecule is Cc1cc(Nc2nccc(C(F)(F)F)n2)cc(-c2cnc(C3(C(=O)N(N)C=O)CC3)s2)c1. The highest BCUT2D eigenvalue weighted by atomic mass is 32.1. The van der Waals surface area contributed by atoms with Gasteiger partial charge in [0.15, 0.2) is 0 Å². The van der Waals surface area contributed by atoms with Gasteiger partial charge in [0.05, 0.1) is 4.88 Å². The van der Waals surface area contributed by atoms with Crippen LogP contribution in [0.25, 0.3) is 10.4 Å². The predicted molar refractivity (Wildman–Crippen MR) is 111 cm³/mol. The molecule has 0 spiro atoms. The second kappa shape index (κ2) is 7.95. The highest BCUT2D eigenvalue weighted by Gasteiger charge is 2.55. The number of hydrazine groups is 1. The number of imide groups is 1. The van der Waals surface area contributed by atoms with Crippen molar-refractivity contribution in [1.29, 1.82) is 0 Å². The number of carbonyl (C=O) groups is 2. The van der Waals surface area contributed by atoms with Gasteiger partial charge >= 0.3 is 6.18 Å². The maximum atomic E-state index is 12.9. The van der Waals surface area contributed by atoms with E-state index in [1.807, 2.05) is 13.0 Å². The molecule has 3 aromatic rings. The minimum Gasteiger partial charge on any atom is -0.324 e. The van der Waals surface area contributed by atoms with Gasteiger partial charge in [0.2, 0.25) is 12.4 Å². The van der Waals surface area contributed by atoms with Crippen LogP contribution < -0.4 is 11.2 Å². The molecule has 0 atom stereocenters. The molecule has 1 saturated carbocycles. The third-order valence-electron chi connectivity index (χ3n) is 4.99. The molecule has 2 aromatic heterocycles. The molecular weight excluding hydrogens is 445 g/mol. The number of carbonyl (C=O) groups excluding carboxylic acids is 2. The molecule has 0 aliphatic heterocycles. The summed E-state index contributed by atoms with van der Waals surface area (Å²) in [5, 5.41) is 3.90. The fraction of sp³-hybridized carbons (Fsp3) is 0.250. The van der Waals surface area contributed by atoms with Crippen molar-refractivity contribution in [2.75, 3.05) is 5.32 Å². The van der Waals surface area contributed by atoms with Gasteiger partial charge in [0.25, 0.3) is 5.91 Å². The Morgan fingerprint density at radius 3 is 2.69 bits per heavy atom. The number of hydrogen-bond donors (Lipinski definition) is 2. The van der Waals surface area contributed by atoms with E-state index in [1.54, 1.807) is 18.3 Å². The standard InChI is InChI=1S/C20H17F3N6O2S/c1-11-6-12(8-13(7-11)27-18-25-5-2-15(28-18)20(21,22)23)14-9-26-16(32-14)19(3-4-19)17(31)29(24)10-30/h2,5-10H,3-4,24H2,1H3,(H,25,27,28). The highest BCUT2D eigenvalue weighted by molar-refractivity contribution is 7.15. The number of nitrogens with zero attached hydrogens (tertiary/aromatic N) is 4. The van der Waals surface area contributed by atoms with Crippen molar-refractivity contribution < 1.29 is 22.8 Å². The third-order valence-corrected chi connectivity index (χ3v) is 6.24. The molecule has 1 aromatic carbocycles. The van der Waals surface area contributed by atoms with Crippen LogP contribution in [-0.2, 0) is 21.2 Å². The van der Waals surface area contributed by atoms with Crippen LogP contribution in [-0.4, -0.2) is 32.3 Å². The zero-order valence-corrected chi connectivity index (χ0v) is 17.5. The monoisotopic (exact) mass is 462 g/mol. The topological polar surface area (TPSA) is 114 Å². The number of hydrogen-bond acceptors (Lipinski definition) is 8. The Bertz CT molecular complexity index is 1190. The van der Waals surface area contributed by atoms with Gasteiger partial charge in [-0.1, -0.05) is 6.07 Å². The minimum absolute atomic E-state index is 0.180. The number of aryl methyl sites for hydroxylation is 1. The molecule has 0 unspecified atom stereocenters. The summed E-state index contributed by atoms with van der Waals surface area (Å²) in [7, 11) is 0. The van der Waals surface area contributed by atoms with Crippen LogP contribution >= 0.6 is 11.3 Å². The molecule has 1 aliphatic rings. The Hall–Kier alpha value is -3.38. The average molecular weight is 462 g/mol. The Labute approximate surface area is 184 Å². The summed E-state index contributed by atoms with van der Waals surface area (Å²) in [6.07, 6.45) is -0.548. The van der Waals surface area contributed by atoms with E-state index in [9.17, 15) is 22.8 Å². The first kappa shape index (κ1) is 21.8. The smallest absolute Gasteiger partial charge is 0.324 e. The van der Waals surface area contributed by atoms with E-state index in [4.69, 9.17) is 5.84 Å². The number of alkyl halides is 3. The molecule has 3 N–H and O–H groups in total. The number of aromatic nitrogens is 3. The van der Waals surface area contributed by atoms with Crippen molar-refractivity contribution in [3.63, 3.8) is 0 Å². The molecule has 32 heavy (non-hydrogen) atoms. The number of thiazole rings is 1. The van der Waals surface area contributed by atoms with Gasteiger partial charge in [-0.25, -0.2) is 25.8 Å². The number of anilines is 2. The van der Waals surface area contributed by atoms with Gasteiger partial charge in [0, 0.05) is 18.1 Å². The maximum Gasteiger partial charge on any atom is 0.433 e. The van der Waals surface area contributed by atoms with Crippen molar-refractivity contribution in [3.05, 3.63) is 52.9 Å². The fourth-order valence-corrected chi connectivity index (χ4v) is 4.41. The molecule has 4 rings (SSSR count). The van der Waals surface area contributed by atoms with Crippen molar-refractivity contribution in [2.45, 2.75) is 31.4 Å². The summed E-state index contributed by atoms with van der Waals surface area (Å²) in [5.41, 5.74) is 0.180. The molecule has 0 radical (unpaired) electrons. The van der Waals surface area contributed by atoms with Crippen LogP contribution in [0.3, 0.4) is 0 Å². The molecule has 12 heteroatoms. The summed E-state index contributed by atoms with van der Waals surface area (Å²) >= 11 is 1.30. The average Bonchev–Trinajstić information content (AvgIpc) is 3.40. The second-order valence-corrected chi connectivity index (χ2v) is 8.44. The number of nitrogens with two attached hydrogens (primary N) is 1. The van der Waals surface area contributed by atoms with Crippen molar-refractivity contribution in [3.8, 4) is 10.4 Å². The molecule has 1 fully saturated rings. The van der Waals surface area contributed by atoms with Gasteiger partial charge in [-0.15, -0.1) is 11.3 Å².